The molecular weight excluding hydrogens is 262 g/mol. The molecule has 0 bridgehead atoms. The van der Waals surface area contributed by atoms with Crippen LogP contribution in [-0.4, -0.2) is 31.4 Å². The minimum Gasteiger partial charge on any atom is -0.356 e. The van der Waals surface area contributed by atoms with E-state index in [1.54, 1.807) is 11.4 Å². The molecule has 1 aromatic rings. The largest absolute Gasteiger partial charge is 0.356 e. The lowest BCUT2D eigenvalue weighted by molar-refractivity contribution is -0.120. The van der Waals surface area contributed by atoms with Gasteiger partial charge in [-0.3, -0.25) is 9.59 Å². The van der Waals surface area contributed by atoms with E-state index >= 15 is 0 Å². The van der Waals surface area contributed by atoms with Crippen LogP contribution in [-0.2, 0) is 4.79 Å². The second-order valence-corrected chi connectivity index (χ2v) is 4.54. The number of hydrogen-bond donors (Lipinski definition) is 3. The first kappa shape index (κ1) is 15.2. The van der Waals surface area contributed by atoms with Crippen molar-refractivity contribution in [3.63, 3.8) is 0 Å². The van der Waals surface area contributed by atoms with Crippen LogP contribution in [0.25, 0.3) is 0 Å². The van der Waals surface area contributed by atoms with Crippen molar-refractivity contribution in [2.75, 3.05) is 19.6 Å². The number of hydrogen-bond acceptors (Lipinski definition) is 4. The van der Waals surface area contributed by atoms with Gasteiger partial charge in [0.25, 0.3) is 5.91 Å². The van der Waals surface area contributed by atoms with E-state index in [4.69, 9.17) is 5.73 Å². The number of amides is 2. The smallest absolute Gasteiger partial charge is 0.262 e. The first-order chi connectivity index (χ1) is 9.19. The molecule has 0 saturated carbocycles. The predicted molar refractivity (Wildman–Crippen MR) is 75.9 cm³/mol. The van der Waals surface area contributed by atoms with Crippen molar-refractivity contribution in [1.82, 2.24) is 10.6 Å². The molecule has 6 heteroatoms. The van der Waals surface area contributed by atoms with Crippen LogP contribution in [0.3, 0.4) is 0 Å². The molecule has 0 atom stereocenters. The van der Waals surface area contributed by atoms with E-state index in [0.29, 0.717) is 23.5 Å². The van der Waals surface area contributed by atoms with Crippen molar-refractivity contribution in [2.45, 2.75) is 13.3 Å². The van der Waals surface area contributed by atoms with E-state index in [1.807, 2.05) is 6.92 Å². The molecule has 0 aromatic carbocycles. The molecule has 1 rings (SSSR count). The number of rotatable bonds is 5. The highest BCUT2D eigenvalue weighted by atomic mass is 32.1. The maximum absolute atomic E-state index is 11.9. The van der Waals surface area contributed by atoms with Crippen LogP contribution in [0.2, 0.25) is 0 Å². The number of carbonyl (C=O) groups is 2. The molecule has 0 unspecified atom stereocenters. The van der Waals surface area contributed by atoms with Crippen molar-refractivity contribution in [3.8, 4) is 11.8 Å². The van der Waals surface area contributed by atoms with Gasteiger partial charge in [-0.1, -0.05) is 11.8 Å². The normalized spacial score (nSPS) is 9.37. The molecule has 1 heterocycles. The summed E-state index contributed by atoms with van der Waals surface area (Å²) in [5.41, 5.74) is 5.97. The first-order valence-electron chi connectivity index (χ1n) is 6.00. The van der Waals surface area contributed by atoms with Gasteiger partial charge in [0.05, 0.1) is 6.54 Å². The Bertz CT molecular complexity index is 499. The molecular formula is C13H17N3O2S. The van der Waals surface area contributed by atoms with E-state index in [9.17, 15) is 9.59 Å². The van der Waals surface area contributed by atoms with Crippen LogP contribution in [0.5, 0.6) is 0 Å². The van der Waals surface area contributed by atoms with Gasteiger partial charge in [-0.2, -0.15) is 0 Å². The predicted octanol–water partition coefficient (Wildman–Crippen LogP) is 0.314. The average molecular weight is 279 g/mol. The second-order valence-electron chi connectivity index (χ2n) is 3.63. The summed E-state index contributed by atoms with van der Waals surface area (Å²) in [4.78, 5) is 23.7. The number of carbonyl (C=O) groups excluding carboxylic acids is 2. The Morgan fingerprint density at radius 3 is 2.89 bits per heavy atom. The Balaban J connectivity index is 2.50. The third kappa shape index (κ3) is 5.12. The maximum atomic E-state index is 11.9. The average Bonchev–Trinajstić information content (AvgIpc) is 2.84. The Morgan fingerprint density at radius 2 is 2.21 bits per heavy atom. The molecule has 4 N–H and O–H groups in total. The van der Waals surface area contributed by atoms with Crippen molar-refractivity contribution in [3.05, 3.63) is 21.9 Å². The Labute approximate surface area is 116 Å². The minimum absolute atomic E-state index is 0.0721. The standard InChI is InChI=1S/C13H17N3O2S/c1-2-15-11(17)5-8-16-13(18)12-10(4-3-7-14)6-9-19-12/h6,9H,2,5,7-8,14H2,1H3,(H,15,17)(H,16,18). The van der Waals surface area contributed by atoms with Gasteiger partial charge < -0.3 is 16.4 Å². The molecule has 19 heavy (non-hydrogen) atoms. The Morgan fingerprint density at radius 1 is 1.42 bits per heavy atom. The van der Waals surface area contributed by atoms with Crippen LogP contribution >= 0.6 is 11.3 Å². The molecule has 0 aliphatic heterocycles. The fraction of sp³-hybridized carbons (Fsp3) is 0.385. The zero-order valence-corrected chi connectivity index (χ0v) is 11.6. The topological polar surface area (TPSA) is 84.2 Å². The third-order valence-corrected chi connectivity index (χ3v) is 3.12. The summed E-state index contributed by atoms with van der Waals surface area (Å²) in [5, 5.41) is 7.18. The Kier molecular flexibility index (Phi) is 6.64. The molecule has 0 radical (unpaired) electrons. The van der Waals surface area contributed by atoms with E-state index in [0.717, 1.165) is 0 Å². The van der Waals surface area contributed by atoms with Crippen molar-refractivity contribution in [1.29, 1.82) is 0 Å². The van der Waals surface area contributed by atoms with E-state index in [1.165, 1.54) is 11.3 Å². The lowest BCUT2D eigenvalue weighted by Crippen LogP contribution is -2.30. The fourth-order valence-corrected chi connectivity index (χ4v) is 2.15. The van der Waals surface area contributed by atoms with Gasteiger partial charge in [0.2, 0.25) is 5.91 Å². The summed E-state index contributed by atoms with van der Waals surface area (Å²) in [6, 6.07) is 1.78. The lowest BCUT2D eigenvalue weighted by Gasteiger charge is -2.04. The molecule has 102 valence electrons. The van der Waals surface area contributed by atoms with Crippen LogP contribution < -0.4 is 16.4 Å². The van der Waals surface area contributed by atoms with Crippen LogP contribution in [0.15, 0.2) is 11.4 Å². The van der Waals surface area contributed by atoms with Gasteiger partial charge in [0, 0.05) is 25.1 Å². The molecule has 2 amide bonds. The van der Waals surface area contributed by atoms with E-state index < -0.39 is 0 Å². The summed E-state index contributed by atoms with van der Waals surface area (Å²) in [6.07, 6.45) is 0.273. The second kappa shape index (κ2) is 8.29. The van der Waals surface area contributed by atoms with Gasteiger partial charge >= 0.3 is 0 Å². The van der Waals surface area contributed by atoms with E-state index in [-0.39, 0.29) is 24.8 Å². The zero-order chi connectivity index (χ0) is 14.1. The Hall–Kier alpha value is -1.84. The molecule has 0 fully saturated rings. The number of thiophene rings is 1. The van der Waals surface area contributed by atoms with Gasteiger partial charge in [0.1, 0.15) is 4.88 Å². The molecule has 5 nitrogen and oxygen atoms in total. The van der Waals surface area contributed by atoms with E-state index in [2.05, 4.69) is 22.5 Å². The van der Waals surface area contributed by atoms with Crippen LogP contribution in [0.1, 0.15) is 28.6 Å². The summed E-state index contributed by atoms with van der Waals surface area (Å²) in [5.74, 6) is 5.29. The summed E-state index contributed by atoms with van der Waals surface area (Å²) in [7, 11) is 0. The highest BCUT2D eigenvalue weighted by molar-refractivity contribution is 7.12. The molecule has 0 aliphatic carbocycles. The molecule has 1 aromatic heterocycles. The summed E-state index contributed by atoms with van der Waals surface area (Å²) < 4.78 is 0. The third-order valence-electron chi connectivity index (χ3n) is 2.21. The first-order valence-corrected chi connectivity index (χ1v) is 6.88. The van der Waals surface area contributed by atoms with Gasteiger partial charge in [0.15, 0.2) is 0 Å². The van der Waals surface area contributed by atoms with Gasteiger partial charge in [-0.15, -0.1) is 11.3 Å². The van der Waals surface area contributed by atoms with Crippen LogP contribution in [0.4, 0.5) is 0 Å². The van der Waals surface area contributed by atoms with Gasteiger partial charge in [-0.25, -0.2) is 0 Å². The van der Waals surface area contributed by atoms with Crippen molar-refractivity contribution < 1.29 is 9.59 Å². The number of nitrogens with one attached hydrogen (secondary N) is 2. The molecule has 0 aliphatic rings. The van der Waals surface area contributed by atoms with Gasteiger partial charge in [-0.05, 0) is 18.4 Å². The van der Waals surface area contributed by atoms with Crippen molar-refractivity contribution in [2.24, 2.45) is 5.73 Å². The maximum Gasteiger partial charge on any atom is 0.262 e. The highest BCUT2D eigenvalue weighted by Crippen LogP contribution is 2.15. The molecule has 0 spiro atoms. The van der Waals surface area contributed by atoms with Crippen LogP contribution in [0, 0.1) is 11.8 Å². The lowest BCUT2D eigenvalue weighted by atomic mass is 10.2. The van der Waals surface area contributed by atoms with Crippen molar-refractivity contribution >= 4 is 23.2 Å². The molecule has 0 saturated heterocycles. The zero-order valence-electron chi connectivity index (χ0n) is 10.8. The SMILES string of the molecule is CCNC(=O)CCNC(=O)c1sccc1C#CCN. The minimum atomic E-state index is -0.208. The highest BCUT2D eigenvalue weighted by Gasteiger charge is 2.11. The number of nitrogens with two attached hydrogens (primary N) is 1. The fourth-order valence-electron chi connectivity index (χ4n) is 1.39. The quantitative estimate of drug-likeness (QED) is 0.678. The monoisotopic (exact) mass is 279 g/mol. The summed E-state index contributed by atoms with van der Waals surface area (Å²) >= 11 is 1.32. The summed E-state index contributed by atoms with van der Waals surface area (Å²) in [6.45, 7) is 3.02.